The highest BCUT2D eigenvalue weighted by molar-refractivity contribution is 5.72. The van der Waals surface area contributed by atoms with E-state index in [1.165, 1.54) is 0 Å². The Kier molecular flexibility index (Phi) is 8.87. The van der Waals surface area contributed by atoms with Gasteiger partial charge >= 0.3 is 5.97 Å². The lowest BCUT2D eigenvalue weighted by atomic mass is 10.0. The van der Waals surface area contributed by atoms with Crippen molar-refractivity contribution >= 4 is 5.97 Å². The minimum atomic E-state index is -0.975. The van der Waals surface area contributed by atoms with Crippen molar-refractivity contribution in [2.24, 2.45) is 0 Å². The number of methoxy groups -OCH3 is 1. The van der Waals surface area contributed by atoms with Crippen LogP contribution in [0.25, 0.3) is 0 Å². The molecule has 0 spiro atoms. The van der Waals surface area contributed by atoms with Crippen molar-refractivity contribution in [1.82, 2.24) is 0 Å². The number of aliphatic carboxylic acids is 1. The minimum Gasteiger partial charge on any atom is -0.496 e. The molecule has 0 aliphatic carbocycles. The molecule has 0 saturated heterocycles. The third kappa shape index (κ3) is 7.63. The van der Waals surface area contributed by atoms with E-state index in [0.29, 0.717) is 19.0 Å². The third-order valence-corrected chi connectivity index (χ3v) is 4.91. The number of benzene rings is 3. The molecule has 3 aromatic carbocycles. The molecular formula is C27H30O6. The lowest BCUT2D eigenvalue weighted by Gasteiger charge is -2.17. The van der Waals surface area contributed by atoms with Gasteiger partial charge in [0.05, 0.1) is 26.4 Å². The van der Waals surface area contributed by atoms with Gasteiger partial charge < -0.3 is 24.1 Å². The van der Waals surface area contributed by atoms with Gasteiger partial charge in [-0.1, -0.05) is 36.4 Å². The normalized spacial score (nSPS) is 11.9. The van der Waals surface area contributed by atoms with Crippen molar-refractivity contribution in [3.63, 3.8) is 0 Å². The predicted molar refractivity (Wildman–Crippen MR) is 126 cm³/mol. The summed E-state index contributed by atoms with van der Waals surface area (Å²) in [6, 6.07) is 23.0. The molecule has 174 valence electrons. The van der Waals surface area contributed by atoms with E-state index in [2.05, 4.69) is 0 Å². The molecule has 3 aromatic rings. The molecule has 0 heterocycles. The second kappa shape index (κ2) is 12.0. The van der Waals surface area contributed by atoms with E-state index in [1.807, 2.05) is 86.6 Å². The Morgan fingerprint density at radius 2 is 1.55 bits per heavy atom. The molecule has 0 aliphatic rings. The number of rotatable bonds is 12. The van der Waals surface area contributed by atoms with Gasteiger partial charge in [-0.15, -0.1) is 0 Å². The summed E-state index contributed by atoms with van der Waals surface area (Å²) in [4.78, 5) is 11.5. The summed E-state index contributed by atoms with van der Waals surface area (Å²) in [5.41, 5.74) is 2.72. The van der Waals surface area contributed by atoms with Gasteiger partial charge in [0.25, 0.3) is 0 Å². The highest BCUT2D eigenvalue weighted by Gasteiger charge is 2.20. The van der Waals surface area contributed by atoms with Crippen LogP contribution in [0.5, 0.6) is 17.2 Å². The van der Waals surface area contributed by atoms with Crippen molar-refractivity contribution in [2.45, 2.75) is 45.7 Å². The zero-order chi connectivity index (χ0) is 23.6. The fourth-order valence-electron chi connectivity index (χ4n) is 3.37. The van der Waals surface area contributed by atoms with Crippen molar-refractivity contribution in [1.29, 1.82) is 0 Å². The van der Waals surface area contributed by atoms with Crippen molar-refractivity contribution in [2.75, 3.05) is 7.11 Å². The molecule has 6 nitrogen and oxygen atoms in total. The second-order valence-electron chi connectivity index (χ2n) is 7.91. The van der Waals surface area contributed by atoms with E-state index < -0.39 is 12.1 Å². The molecule has 0 fully saturated rings. The first-order valence-corrected chi connectivity index (χ1v) is 10.9. The summed E-state index contributed by atoms with van der Waals surface area (Å²) in [6.45, 7) is 4.41. The van der Waals surface area contributed by atoms with Gasteiger partial charge in [0.1, 0.15) is 17.2 Å². The topological polar surface area (TPSA) is 74.2 Å². The molecule has 3 rings (SSSR count). The van der Waals surface area contributed by atoms with Crippen LogP contribution in [-0.4, -0.2) is 30.4 Å². The zero-order valence-electron chi connectivity index (χ0n) is 19.2. The molecule has 0 aliphatic heterocycles. The molecule has 0 saturated carbocycles. The number of carbonyl (C=O) groups is 1. The van der Waals surface area contributed by atoms with E-state index in [0.717, 1.165) is 28.2 Å². The van der Waals surface area contributed by atoms with Crippen molar-refractivity contribution < 1.29 is 28.8 Å². The van der Waals surface area contributed by atoms with E-state index in [1.54, 1.807) is 7.11 Å². The first-order chi connectivity index (χ1) is 15.9. The van der Waals surface area contributed by atoms with E-state index >= 15 is 0 Å². The van der Waals surface area contributed by atoms with E-state index in [-0.39, 0.29) is 12.5 Å². The summed E-state index contributed by atoms with van der Waals surface area (Å²) in [6.07, 6.45) is -0.798. The van der Waals surface area contributed by atoms with Crippen LogP contribution in [0.3, 0.4) is 0 Å². The maximum absolute atomic E-state index is 11.5. The fraction of sp³-hybridized carbons (Fsp3) is 0.296. The Morgan fingerprint density at radius 3 is 2.18 bits per heavy atom. The number of carboxylic acids is 1. The molecule has 33 heavy (non-hydrogen) atoms. The zero-order valence-corrected chi connectivity index (χ0v) is 19.2. The highest BCUT2D eigenvalue weighted by Crippen LogP contribution is 2.24. The third-order valence-electron chi connectivity index (χ3n) is 4.91. The van der Waals surface area contributed by atoms with E-state index in [4.69, 9.17) is 18.9 Å². The second-order valence-corrected chi connectivity index (χ2v) is 7.91. The van der Waals surface area contributed by atoms with Gasteiger partial charge in [-0.25, -0.2) is 4.79 Å². The Morgan fingerprint density at radius 1 is 0.879 bits per heavy atom. The maximum Gasteiger partial charge on any atom is 0.333 e. The maximum atomic E-state index is 11.5. The Hall–Kier alpha value is -3.35. The molecule has 6 heteroatoms. The van der Waals surface area contributed by atoms with Crippen LogP contribution >= 0.6 is 0 Å². The van der Waals surface area contributed by atoms with Gasteiger partial charge in [-0.3, -0.25) is 0 Å². The van der Waals surface area contributed by atoms with Gasteiger partial charge in [-0.2, -0.15) is 0 Å². The quantitative estimate of drug-likeness (QED) is 0.386. The number of ether oxygens (including phenoxy) is 4. The molecule has 0 aromatic heterocycles. The average Bonchev–Trinajstić information content (AvgIpc) is 2.80. The monoisotopic (exact) mass is 450 g/mol. The summed E-state index contributed by atoms with van der Waals surface area (Å²) in [5.74, 6) is 1.27. The lowest BCUT2D eigenvalue weighted by molar-refractivity contribution is -0.153. The highest BCUT2D eigenvalue weighted by atomic mass is 16.5. The number of hydrogen-bond donors (Lipinski definition) is 1. The van der Waals surface area contributed by atoms with Gasteiger partial charge in [-0.05, 0) is 61.4 Å². The van der Waals surface area contributed by atoms with Crippen LogP contribution in [0.2, 0.25) is 0 Å². The van der Waals surface area contributed by atoms with Crippen LogP contribution in [0, 0.1) is 0 Å². The standard InChI is InChI=1S/C27H30O6/c1-19(2)32-26(27(28)29)16-21-11-14-25(30-3)22(15-21)18-31-17-20-9-12-24(13-10-20)33-23-7-5-4-6-8-23/h4-15,19,26H,16-18H2,1-3H3,(H,28,29). The SMILES string of the molecule is COc1ccc(CC(OC(C)C)C(=O)O)cc1COCc1ccc(Oc2ccccc2)cc1. The first-order valence-electron chi connectivity index (χ1n) is 10.9. The Labute approximate surface area is 194 Å². The van der Waals surface area contributed by atoms with Crippen molar-refractivity contribution in [3.8, 4) is 17.2 Å². The number of hydrogen-bond acceptors (Lipinski definition) is 5. The molecule has 1 N–H and O–H groups in total. The van der Waals surface area contributed by atoms with Gasteiger partial charge in [0.2, 0.25) is 0 Å². The van der Waals surface area contributed by atoms with Crippen LogP contribution in [-0.2, 0) is 33.9 Å². The smallest absolute Gasteiger partial charge is 0.333 e. The molecule has 0 bridgehead atoms. The summed E-state index contributed by atoms with van der Waals surface area (Å²) in [7, 11) is 1.60. The number of para-hydroxylation sites is 1. The summed E-state index contributed by atoms with van der Waals surface area (Å²) < 4.78 is 22.7. The minimum absolute atomic E-state index is 0.170. The lowest BCUT2D eigenvalue weighted by Crippen LogP contribution is -2.29. The van der Waals surface area contributed by atoms with Crippen LogP contribution in [0.15, 0.2) is 72.8 Å². The molecular weight excluding hydrogens is 420 g/mol. The van der Waals surface area contributed by atoms with Crippen LogP contribution in [0.1, 0.15) is 30.5 Å². The predicted octanol–water partition coefficient (Wildman–Crippen LogP) is 5.63. The first kappa shape index (κ1) is 24.3. The van der Waals surface area contributed by atoms with E-state index in [9.17, 15) is 9.90 Å². The summed E-state index contributed by atoms with van der Waals surface area (Å²) >= 11 is 0. The fourth-order valence-corrected chi connectivity index (χ4v) is 3.37. The van der Waals surface area contributed by atoms with Crippen LogP contribution < -0.4 is 9.47 Å². The number of carboxylic acid groups (broad SMARTS) is 1. The van der Waals surface area contributed by atoms with Gasteiger partial charge in [0.15, 0.2) is 6.10 Å². The molecule has 0 radical (unpaired) electrons. The Balaban J connectivity index is 1.58. The Bertz CT molecular complexity index is 1010. The average molecular weight is 451 g/mol. The molecule has 0 amide bonds. The molecule has 1 atom stereocenters. The summed E-state index contributed by atoms with van der Waals surface area (Å²) in [5, 5.41) is 9.44. The van der Waals surface area contributed by atoms with Crippen LogP contribution in [0.4, 0.5) is 0 Å². The largest absolute Gasteiger partial charge is 0.496 e. The van der Waals surface area contributed by atoms with Gasteiger partial charge in [0, 0.05) is 12.0 Å². The molecule has 1 unspecified atom stereocenters. The van der Waals surface area contributed by atoms with Crippen molar-refractivity contribution in [3.05, 3.63) is 89.5 Å².